The molecule has 4 N–H and O–H groups in total. The molecule has 3 rings (SSSR count). The smallest absolute Gasteiger partial charge is 0.0734 e. The van der Waals surface area contributed by atoms with Gasteiger partial charge in [-0.3, -0.25) is 0 Å². The van der Waals surface area contributed by atoms with Crippen molar-refractivity contribution in [2.24, 2.45) is 11.1 Å². The highest BCUT2D eigenvalue weighted by Gasteiger charge is 2.51. The second-order valence-corrected chi connectivity index (χ2v) is 6.24. The fraction of sp³-hybridized carbons (Fsp3) is 0.625. The quantitative estimate of drug-likeness (QED) is 0.750. The Morgan fingerprint density at radius 2 is 1.79 bits per heavy atom. The van der Waals surface area contributed by atoms with Crippen molar-refractivity contribution in [2.75, 3.05) is 19.6 Å². The van der Waals surface area contributed by atoms with Crippen molar-refractivity contribution in [1.82, 2.24) is 5.32 Å². The summed E-state index contributed by atoms with van der Waals surface area (Å²) < 4.78 is 0. The highest BCUT2D eigenvalue weighted by atomic mass is 16.3. The minimum Gasteiger partial charge on any atom is -0.389 e. The second-order valence-electron chi connectivity index (χ2n) is 6.24. The van der Waals surface area contributed by atoms with Gasteiger partial charge in [0.25, 0.3) is 0 Å². The van der Waals surface area contributed by atoms with E-state index in [2.05, 4.69) is 29.6 Å². The molecule has 3 heteroatoms. The van der Waals surface area contributed by atoms with E-state index in [0.29, 0.717) is 6.54 Å². The van der Waals surface area contributed by atoms with Crippen LogP contribution in [0.2, 0.25) is 0 Å². The zero-order valence-corrected chi connectivity index (χ0v) is 11.5. The highest BCUT2D eigenvalue weighted by molar-refractivity contribution is 5.36. The number of benzene rings is 1. The van der Waals surface area contributed by atoms with Crippen molar-refractivity contribution in [3.05, 3.63) is 35.4 Å². The standard InChI is InChI=1S/C16H24N2O/c17-12-15(16(19)6-3-8-18-9-7-16)10-13-4-1-2-5-14(13)11-15/h1-2,4-5,18-19H,3,6-12,17H2. The molecule has 1 aliphatic heterocycles. The summed E-state index contributed by atoms with van der Waals surface area (Å²) >= 11 is 0. The van der Waals surface area contributed by atoms with Crippen LogP contribution in [0.15, 0.2) is 24.3 Å². The van der Waals surface area contributed by atoms with E-state index in [4.69, 9.17) is 5.73 Å². The van der Waals surface area contributed by atoms with Crippen molar-refractivity contribution in [2.45, 2.75) is 37.7 Å². The van der Waals surface area contributed by atoms with Crippen LogP contribution in [0.5, 0.6) is 0 Å². The molecule has 0 radical (unpaired) electrons. The number of hydrogen-bond donors (Lipinski definition) is 3. The summed E-state index contributed by atoms with van der Waals surface area (Å²) in [4.78, 5) is 0. The van der Waals surface area contributed by atoms with Gasteiger partial charge in [-0.2, -0.15) is 0 Å². The largest absolute Gasteiger partial charge is 0.389 e. The SMILES string of the molecule is NCC1(C2(O)CCCNCC2)Cc2ccccc2C1. The zero-order chi connectivity index (χ0) is 13.3. The summed E-state index contributed by atoms with van der Waals surface area (Å²) in [6.07, 6.45) is 4.57. The third-order valence-electron chi connectivity index (χ3n) is 5.21. The Labute approximate surface area is 115 Å². The highest BCUT2D eigenvalue weighted by Crippen LogP contribution is 2.47. The van der Waals surface area contributed by atoms with Crippen LogP contribution in [0.1, 0.15) is 30.4 Å². The Morgan fingerprint density at radius 3 is 2.42 bits per heavy atom. The number of fused-ring (bicyclic) bond motifs is 1. The van der Waals surface area contributed by atoms with Crippen LogP contribution in [-0.4, -0.2) is 30.3 Å². The molecule has 1 unspecified atom stereocenters. The minimum atomic E-state index is -0.621. The molecule has 0 bridgehead atoms. The van der Waals surface area contributed by atoms with Gasteiger partial charge in [0.2, 0.25) is 0 Å². The van der Waals surface area contributed by atoms with Crippen LogP contribution < -0.4 is 11.1 Å². The number of hydrogen-bond acceptors (Lipinski definition) is 3. The lowest BCUT2D eigenvalue weighted by Crippen LogP contribution is -2.54. The van der Waals surface area contributed by atoms with E-state index < -0.39 is 5.60 Å². The van der Waals surface area contributed by atoms with Crippen molar-refractivity contribution < 1.29 is 5.11 Å². The molecular weight excluding hydrogens is 236 g/mol. The molecule has 1 saturated heterocycles. The fourth-order valence-corrected chi connectivity index (χ4v) is 3.94. The summed E-state index contributed by atoms with van der Waals surface area (Å²) in [5.74, 6) is 0. The molecule has 2 aliphatic rings. The Hall–Kier alpha value is -0.900. The van der Waals surface area contributed by atoms with Gasteiger partial charge < -0.3 is 16.2 Å². The average molecular weight is 260 g/mol. The van der Waals surface area contributed by atoms with E-state index in [0.717, 1.165) is 45.2 Å². The summed E-state index contributed by atoms with van der Waals surface area (Å²) in [7, 11) is 0. The van der Waals surface area contributed by atoms with Gasteiger partial charge in [-0.1, -0.05) is 24.3 Å². The van der Waals surface area contributed by atoms with E-state index in [1.165, 1.54) is 11.1 Å². The number of nitrogens with two attached hydrogens (primary N) is 1. The van der Waals surface area contributed by atoms with E-state index in [-0.39, 0.29) is 5.41 Å². The molecule has 104 valence electrons. The number of aliphatic hydroxyl groups is 1. The number of rotatable bonds is 2. The molecule has 0 aromatic heterocycles. The molecule has 1 fully saturated rings. The molecule has 1 aromatic carbocycles. The molecule has 0 spiro atoms. The zero-order valence-electron chi connectivity index (χ0n) is 11.5. The molecular formula is C16H24N2O. The lowest BCUT2D eigenvalue weighted by atomic mass is 9.66. The van der Waals surface area contributed by atoms with E-state index >= 15 is 0 Å². The molecule has 1 atom stereocenters. The normalized spacial score (nSPS) is 29.8. The lowest BCUT2D eigenvalue weighted by Gasteiger charge is -2.44. The van der Waals surface area contributed by atoms with Gasteiger partial charge in [0.15, 0.2) is 0 Å². The Balaban J connectivity index is 1.93. The van der Waals surface area contributed by atoms with Gasteiger partial charge in [0, 0.05) is 12.0 Å². The molecule has 19 heavy (non-hydrogen) atoms. The van der Waals surface area contributed by atoms with Gasteiger partial charge >= 0.3 is 0 Å². The van der Waals surface area contributed by atoms with Gasteiger partial charge in [-0.05, 0) is 56.3 Å². The first-order chi connectivity index (χ1) is 9.19. The Bertz CT molecular complexity index is 425. The first-order valence-corrected chi connectivity index (χ1v) is 7.39. The third-order valence-corrected chi connectivity index (χ3v) is 5.21. The lowest BCUT2D eigenvalue weighted by molar-refractivity contribution is -0.0852. The van der Waals surface area contributed by atoms with Crippen LogP contribution in [0, 0.1) is 5.41 Å². The molecule has 1 aliphatic carbocycles. The van der Waals surface area contributed by atoms with Gasteiger partial charge in [-0.15, -0.1) is 0 Å². The first-order valence-electron chi connectivity index (χ1n) is 7.39. The van der Waals surface area contributed by atoms with Crippen LogP contribution in [0.3, 0.4) is 0 Å². The van der Waals surface area contributed by atoms with Crippen molar-refractivity contribution in [3.63, 3.8) is 0 Å². The monoisotopic (exact) mass is 260 g/mol. The van der Waals surface area contributed by atoms with Gasteiger partial charge in [0.05, 0.1) is 5.60 Å². The predicted octanol–water partition coefficient (Wildman–Crippen LogP) is 1.23. The maximum Gasteiger partial charge on any atom is 0.0734 e. The van der Waals surface area contributed by atoms with E-state index in [1.807, 2.05) is 0 Å². The van der Waals surface area contributed by atoms with Gasteiger partial charge in [-0.25, -0.2) is 0 Å². The van der Waals surface area contributed by atoms with Crippen LogP contribution in [0.4, 0.5) is 0 Å². The maximum atomic E-state index is 11.3. The molecule has 3 nitrogen and oxygen atoms in total. The van der Waals surface area contributed by atoms with E-state index in [1.54, 1.807) is 0 Å². The topological polar surface area (TPSA) is 58.3 Å². The van der Waals surface area contributed by atoms with Crippen molar-refractivity contribution >= 4 is 0 Å². The molecule has 1 heterocycles. The summed E-state index contributed by atoms with van der Waals surface area (Å²) in [5.41, 5.74) is 8.10. The fourth-order valence-electron chi connectivity index (χ4n) is 3.94. The van der Waals surface area contributed by atoms with Crippen LogP contribution in [-0.2, 0) is 12.8 Å². The van der Waals surface area contributed by atoms with Gasteiger partial charge in [0.1, 0.15) is 0 Å². The van der Waals surface area contributed by atoms with Crippen LogP contribution in [0.25, 0.3) is 0 Å². The Kier molecular flexibility index (Phi) is 3.37. The summed E-state index contributed by atoms with van der Waals surface area (Å²) in [5, 5.41) is 14.6. The minimum absolute atomic E-state index is 0.164. The van der Waals surface area contributed by atoms with Crippen molar-refractivity contribution in [1.29, 1.82) is 0 Å². The molecule has 0 saturated carbocycles. The first kappa shape index (κ1) is 13.1. The van der Waals surface area contributed by atoms with Crippen LogP contribution >= 0.6 is 0 Å². The predicted molar refractivity (Wildman–Crippen MR) is 77.0 cm³/mol. The number of nitrogens with one attached hydrogen (secondary N) is 1. The average Bonchev–Trinajstić information content (AvgIpc) is 2.69. The maximum absolute atomic E-state index is 11.3. The molecule has 1 aromatic rings. The van der Waals surface area contributed by atoms with E-state index in [9.17, 15) is 5.11 Å². The summed E-state index contributed by atoms with van der Waals surface area (Å²) in [6, 6.07) is 8.55. The Morgan fingerprint density at radius 1 is 1.11 bits per heavy atom. The third kappa shape index (κ3) is 2.10. The van der Waals surface area contributed by atoms with Crippen molar-refractivity contribution in [3.8, 4) is 0 Å². The molecule has 0 amide bonds. The second kappa shape index (κ2) is 4.89. The summed E-state index contributed by atoms with van der Waals surface area (Å²) in [6.45, 7) is 2.47.